The molecule has 6 heteroatoms. The number of thioether (sulfide) groups is 1. The maximum atomic E-state index is 12.8. The average Bonchev–Trinajstić information content (AvgIpc) is 2.99. The van der Waals surface area contributed by atoms with Crippen molar-refractivity contribution in [2.45, 2.75) is 31.4 Å². The second kappa shape index (κ2) is 9.18. The summed E-state index contributed by atoms with van der Waals surface area (Å²) in [5.74, 6) is -0.167. The number of hydrogen-bond donors (Lipinski definition) is 0. The number of benzene rings is 2. The summed E-state index contributed by atoms with van der Waals surface area (Å²) >= 11 is 1.66. The van der Waals surface area contributed by atoms with Gasteiger partial charge in [-0.15, -0.1) is 11.8 Å². The molecule has 3 rings (SSSR count). The molecule has 3 aromatic rings. The Morgan fingerprint density at radius 2 is 1.62 bits per heavy atom. The molecule has 152 valence electrons. The fourth-order valence-electron chi connectivity index (χ4n) is 3.22. The Balaban J connectivity index is 2.05. The topological polar surface area (TPSA) is 57.5 Å². The van der Waals surface area contributed by atoms with E-state index in [4.69, 9.17) is 9.47 Å². The van der Waals surface area contributed by atoms with Crippen LogP contribution in [0.3, 0.4) is 0 Å². The van der Waals surface area contributed by atoms with Gasteiger partial charge in [0.05, 0.1) is 24.3 Å². The van der Waals surface area contributed by atoms with E-state index in [-0.39, 0.29) is 12.6 Å². The van der Waals surface area contributed by atoms with Gasteiger partial charge in [0.25, 0.3) is 0 Å². The molecule has 0 N–H and O–H groups in total. The number of carbonyl (C=O) groups excluding carboxylic acids is 2. The molecule has 0 fully saturated rings. The lowest BCUT2D eigenvalue weighted by molar-refractivity contribution is 0.0515. The van der Waals surface area contributed by atoms with E-state index >= 15 is 0 Å². The Bertz CT molecular complexity index is 1040. The summed E-state index contributed by atoms with van der Waals surface area (Å²) in [6, 6.07) is 13.6. The van der Waals surface area contributed by atoms with Crippen molar-refractivity contribution in [1.29, 1.82) is 0 Å². The number of esters is 2. The van der Waals surface area contributed by atoms with Gasteiger partial charge in [0.15, 0.2) is 0 Å². The molecule has 29 heavy (non-hydrogen) atoms. The lowest BCUT2D eigenvalue weighted by Gasteiger charge is -2.08. The Labute approximate surface area is 175 Å². The van der Waals surface area contributed by atoms with Crippen molar-refractivity contribution in [3.05, 3.63) is 64.8 Å². The molecule has 0 atom stereocenters. The van der Waals surface area contributed by atoms with Crippen LogP contribution in [0.25, 0.3) is 10.9 Å². The van der Waals surface area contributed by atoms with Crippen LogP contribution in [0.2, 0.25) is 0 Å². The molecule has 5 nitrogen and oxygen atoms in total. The monoisotopic (exact) mass is 411 g/mol. The van der Waals surface area contributed by atoms with Crippen molar-refractivity contribution in [1.82, 2.24) is 4.57 Å². The van der Waals surface area contributed by atoms with Crippen LogP contribution in [0, 0.1) is 6.92 Å². The van der Waals surface area contributed by atoms with Crippen molar-refractivity contribution < 1.29 is 19.1 Å². The van der Waals surface area contributed by atoms with E-state index in [1.165, 1.54) is 5.56 Å². The lowest BCUT2D eigenvalue weighted by atomic mass is 10.1. The van der Waals surface area contributed by atoms with Gasteiger partial charge in [0.1, 0.15) is 0 Å². The summed E-state index contributed by atoms with van der Waals surface area (Å²) in [6.07, 6.45) is 0. The minimum atomic E-state index is -0.399. The van der Waals surface area contributed by atoms with Gasteiger partial charge >= 0.3 is 11.9 Å². The van der Waals surface area contributed by atoms with Crippen molar-refractivity contribution in [2.75, 3.05) is 13.2 Å². The SMILES string of the molecule is CCOC(=O)c1ccc2c(c1)c(C(=O)OCC)c(CSc1ccc(C)cc1)n2C. The Morgan fingerprint density at radius 1 is 0.966 bits per heavy atom. The predicted molar refractivity (Wildman–Crippen MR) is 116 cm³/mol. The van der Waals surface area contributed by atoms with E-state index in [1.807, 2.05) is 17.7 Å². The molecule has 0 saturated carbocycles. The van der Waals surface area contributed by atoms with Gasteiger partial charge < -0.3 is 14.0 Å². The van der Waals surface area contributed by atoms with Crippen molar-refractivity contribution in [3.63, 3.8) is 0 Å². The van der Waals surface area contributed by atoms with Crippen LogP contribution in [0.15, 0.2) is 47.4 Å². The van der Waals surface area contributed by atoms with E-state index in [1.54, 1.807) is 37.7 Å². The lowest BCUT2D eigenvalue weighted by Crippen LogP contribution is -2.08. The first-order valence-electron chi connectivity index (χ1n) is 9.61. The van der Waals surface area contributed by atoms with Crippen molar-refractivity contribution in [2.24, 2.45) is 7.05 Å². The van der Waals surface area contributed by atoms with Crippen LogP contribution in [-0.4, -0.2) is 29.7 Å². The number of ether oxygens (including phenoxy) is 2. The first-order chi connectivity index (χ1) is 14.0. The summed E-state index contributed by atoms with van der Waals surface area (Å²) in [4.78, 5) is 26.1. The fraction of sp³-hybridized carbons (Fsp3) is 0.304. The average molecular weight is 412 g/mol. The molecule has 1 heterocycles. The molecule has 0 radical (unpaired) electrons. The van der Waals surface area contributed by atoms with Gasteiger partial charge in [-0.05, 0) is 51.1 Å². The molecule has 0 aliphatic heterocycles. The maximum absolute atomic E-state index is 12.8. The van der Waals surface area contributed by atoms with E-state index in [2.05, 4.69) is 31.2 Å². The normalized spacial score (nSPS) is 10.9. The highest BCUT2D eigenvalue weighted by atomic mass is 32.2. The fourth-order valence-corrected chi connectivity index (χ4v) is 4.19. The number of rotatable bonds is 7. The van der Waals surface area contributed by atoms with Gasteiger partial charge in [-0.1, -0.05) is 17.7 Å². The third kappa shape index (κ3) is 4.48. The van der Waals surface area contributed by atoms with Gasteiger partial charge in [-0.2, -0.15) is 0 Å². The summed E-state index contributed by atoms with van der Waals surface area (Å²) in [5.41, 5.74) is 3.88. The van der Waals surface area contributed by atoms with Gasteiger partial charge in [-0.3, -0.25) is 0 Å². The van der Waals surface area contributed by atoms with E-state index in [9.17, 15) is 9.59 Å². The van der Waals surface area contributed by atoms with Gasteiger partial charge in [0, 0.05) is 34.3 Å². The largest absolute Gasteiger partial charge is 0.462 e. The Hall–Kier alpha value is -2.73. The van der Waals surface area contributed by atoms with E-state index in [0.717, 1.165) is 16.1 Å². The third-order valence-corrected chi connectivity index (χ3v) is 5.73. The number of hydrogen-bond acceptors (Lipinski definition) is 5. The molecule has 0 bridgehead atoms. The van der Waals surface area contributed by atoms with Crippen LogP contribution in [0.1, 0.15) is 45.8 Å². The number of carbonyl (C=O) groups is 2. The summed E-state index contributed by atoms with van der Waals surface area (Å²) in [7, 11) is 1.93. The van der Waals surface area contributed by atoms with Crippen LogP contribution in [0.4, 0.5) is 0 Å². The zero-order valence-electron chi connectivity index (χ0n) is 17.2. The molecule has 1 aromatic heterocycles. The predicted octanol–water partition coefficient (Wildman–Crippen LogP) is 5.13. The molecule has 0 amide bonds. The minimum Gasteiger partial charge on any atom is -0.462 e. The quantitative estimate of drug-likeness (QED) is 0.398. The molecular formula is C23H25NO4S. The molecule has 0 unspecified atom stereocenters. The van der Waals surface area contributed by atoms with Crippen molar-refractivity contribution in [3.8, 4) is 0 Å². The highest BCUT2D eigenvalue weighted by Gasteiger charge is 2.23. The summed E-state index contributed by atoms with van der Waals surface area (Å²) in [6.45, 7) is 6.20. The first kappa shape index (κ1) is 21.0. The van der Waals surface area contributed by atoms with Crippen LogP contribution < -0.4 is 0 Å². The summed E-state index contributed by atoms with van der Waals surface area (Å²) < 4.78 is 12.4. The second-order valence-electron chi connectivity index (χ2n) is 6.66. The zero-order valence-corrected chi connectivity index (χ0v) is 18.0. The maximum Gasteiger partial charge on any atom is 0.340 e. The van der Waals surface area contributed by atoms with Crippen LogP contribution >= 0.6 is 11.8 Å². The molecular weight excluding hydrogens is 386 g/mol. The highest BCUT2D eigenvalue weighted by molar-refractivity contribution is 7.98. The molecule has 0 saturated heterocycles. The third-order valence-electron chi connectivity index (χ3n) is 4.71. The van der Waals surface area contributed by atoms with Crippen LogP contribution in [0.5, 0.6) is 0 Å². The smallest absolute Gasteiger partial charge is 0.340 e. The molecule has 2 aromatic carbocycles. The summed E-state index contributed by atoms with van der Waals surface area (Å²) in [5, 5.41) is 0.705. The van der Waals surface area contributed by atoms with E-state index < -0.39 is 5.97 Å². The minimum absolute atomic E-state index is 0.289. The molecule has 0 spiro atoms. The number of aromatic nitrogens is 1. The Morgan fingerprint density at radius 3 is 2.28 bits per heavy atom. The van der Waals surface area contributed by atoms with Crippen molar-refractivity contribution >= 4 is 34.6 Å². The van der Waals surface area contributed by atoms with E-state index in [0.29, 0.717) is 28.9 Å². The van der Waals surface area contributed by atoms with Gasteiger partial charge in [-0.25, -0.2) is 9.59 Å². The molecule has 0 aliphatic carbocycles. The van der Waals surface area contributed by atoms with Crippen LogP contribution in [-0.2, 0) is 22.3 Å². The Kier molecular flexibility index (Phi) is 6.64. The standard InChI is InChI=1S/C23H25NO4S/c1-5-27-22(25)16-9-12-19-18(13-16)21(23(26)28-6-2)20(24(19)4)14-29-17-10-7-15(3)8-11-17/h7-13H,5-6,14H2,1-4H3. The number of fused-ring (bicyclic) bond motifs is 1. The second-order valence-corrected chi connectivity index (χ2v) is 7.70. The number of nitrogens with zero attached hydrogens (tertiary/aromatic N) is 1. The zero-order chi connectivity index (χ0) is 21.0. The highest BCUT2D eigenvalue weighted by Crippen LogP contribution is 2.32. The molecule has 0 aliphatic rings. The first-order valence-corrected chi connectivity index (χ1v) is 10.6. The number of aryl methyl sites for hydroxylation is 2. The van der Waals surface area contributed by atoms with Gasteiger partial charge in [0.2, 0.25) is 0 Å².